The SMILES string of the molecule is CN1CCN(C2=C(c3ccc(F)cc3)C(=O)N(Cc3ccc(Cl)cc3)C2=O)CC1. The molecule has 0 spiro atoms. The Morgan fingerprint density at radius 3 is 2.14 bits per heavy atom. The molecule has 2 aromatic carbocycles. The average molecular weight is 414 g/mol. The van der Waals surface area contributed by atoms with Gasteiger partial charge in [-0.05, 0) is 42.4 Å². The van der Waals surface area contributed by atoms with Crippen molar-refractivity contribution in [3.05, 3.63) is 76.2 Å². The molecule has 0 unspecified atom stereocenters. The molecule has 1 fully saturated rings. The quantitative estimate of drug-likeness (QED) is 0.723. The Morgan fingerprint density at radius 1 is 0.897 bits per heavy atom. The van der Waals surface area contributed by atoms with E-state index in [9.17, 15) is 14.0 Å². The van der Waals surface area contributed by atoms with Crippen molar-refractivity contribution in [1.29, 1.82) is 0 Å². The predicted molar refractivity (Wildman–Crippen MR) is 109 cm³/mol. The summed E-state index contributed by atoms with van der Waals surface area (Å²) in [6.07, 6.45) is 0. The number of hydrogen-bond acceptors (Lipinski definition) is 4. The molecule has 2 aliphatic heterocycles. The number of piperazine rings is 1. The van der Waals surface area contributed by atoms with Gasteiger partial charge in [0.2, 0.25) is 0 Å². The third-order valence-corrected chi connectivity index (χ3v) is 5.60. The summed E-state index contributed by atoms with van der Waals surface area (Å²) in [5, 5.41) is 0.594. The average Bonchev–Trinajstić information content (AvgIpc) is 2.96. The molecule has 0 saturated carbocycles. The van der Waals surface area contributed by atoms with Crippen molar-refractivity contribution in [1.82, 2.24) is 14.7 Å². The molecule has 0 aromatic heterocycles. The number of nitrogens with zero attached hydrogens (tertiary/aromatic N) is 3. The minimum atomic E-state index is -0.384. The molecule has 2 amide bonds. The zero-order valence-corrected chi connectivity index (χ0v) is 16.8. The molecule has 0 bridgehead atoms. The Morgan fingerprint density at radius 2 is 1.52 bits per heavy atom. The van der Waals surface area contributed by atoms with Crippen LogP contribution in [0.15, 0.2) is 54.2 Å². The Kier molecular flexibility index (Phi) is 5.39. The maximum absolute atomic E-state index is 13.4. The molecular formula is C22H21ClFN3O2. The first-order valence-electron chi connectivity index (χ1n) is 9.48. The van der Waals surface area contributed by atoms with Gasteiger partial charge in [-0.25, -0.2) is 4.39 Å². The van der Waals surface area contributed by atoms with E-state index in [1.165, 1.54) is 17.0 Å². The molecule has 2 aromatic rings. The van der Waals surface area contributed by atoms with E-state index >= 15 is 0 Å². The van der Waals surface area contributed by atoms with E-state index in [4.69, 9.17) is 11.6 Å². The van der Waals surface area contributed by atoms with E-state index in [-0.39, 0.29) is 24.2 Å². The summed E-state index contributed by atoms with van der Waals surface area (Å²) in [6.45, 7) is 3.09. The summed E-state index contributed by atoms with van der Waals surface area (Å²) in [4.78, 5) is 32.0. The van der Waals surface area contributed by atoms with E-state index in [0.717, 1.165) is 18.7 Å². The second-order valence-corrected chi connectivity index (χ2v) is 7.78. The molecule has 0 radical (unpaired) electrons. The van der Waals surface area contributed by atoms with E-state index in [2.05, 4.69) is 4.90 Å². The first kappa shape index (κ1) is 19.6. The lowest BCUT2D eigenvalue weighted by Crippen LogP contribution is -2.46. The second kappa shape index (κ2) is 7.97. The van der Waals surface area contributed by atoms with Crippen molar-refractivity contribution >= 4 is 29.0 Å². The summed E-state index contributed by atoms with van der Waals surface area (Å²) in [7, 11) is 2.03. The molecule has 5 nitrogen and oxygen atoms in total. The zero-order valence-electron chi connectivity index (χ0n) is 16.1. The normalized spacial score (nSPS) is 18.2. The monoisotopic (exact) mass is 413 g/mol. The molecule has 150 valence electrons. The zero-order chi connectivity index (χ0) is 20.5. The Balaban J connectivity index is 1.71. The van der Waals surface area contributed by atoms with Crippen LogP contribution in [0.2, 0.25) is 5.02 Å². The van der Waals surface area contributed by atoms with Gasteiger partial charge >= 0.3 is 0 Å². The van der Waals surface area contributed by atoms with Crippen molar-refractivity contribution in [2.24, 2.45) is 0 Å². The highest BCUT2D eigenvalue weighted by Gasteiger charge is 2.41. The van der Waals surface area contributed by atoms with Gasteiger partial charge in [-0.2, -0.15) is 0 Å². The molecule has 0 aliphatic carbocycles. The second-order valence-electron chi connectivity index (χ2n) is 7.34. The highest BCUT2D eigenvalue weighted by atomic mass is 35.5. The molecule has 7 heteroatoms. The Labute approximate surface area is 174 Å². The smallest absolute Gasteiger partial charge is 0.278 e. The van der Waals surface area contributed by atoms with E-state index in [1.807, 2.05) is 11.9 Å². The van der Waals surface area contributed by atoms with Crippen molar-refractivity contribution in [2.75, 3.05) is 33.2 Å². The van der Waals surface area contributed by atoms with Crippen LogP contribution < -0.4 is 0 Å². The number of halogens is 2. The topological polar surface area (TPSA) is 43.9 Å². The number of carbonyl (C=O) groups excluding carboxylic acids is 2. The van der Waals surface area contributed by atoms with Gasteiger partial charge in [-0.3, -0.25) is 14.5 Å². The molecule has 0 N–H and O–H groups in total. The fourth-order valence-electron chi connectivity index (χ4n) is 3.68. The van der Waals surface area contributed by atoms with Gasteiger partial charge in [-0.15, -0.1) is 0 Å². The third-order valence-electron chi connectivity index (χ3n) is 5.35. The molecular weight excluding hydrogens is 393 g/mol. The number of amides is 2. The number of carbonyl (C=O) groups is 2. The van der Waals surface area contributed by atoms with Crippen LogP contribution in [0.5, 0.6) is 0 Å². The van der Waals surface area contributed by atoms with Crippen molar-refractivity contribution in [3.8, 4) is 0 Å². The van der Waals surface area contributed by atoms with Crippen LogP contribution in [-0.2, 0) is 16.1 Å². The molecule has 2 heterocycles. The fourth-order valence-corrected chi connectivity index (χ4v) is 3.81. The van der Waals surface area contributed by atoms with Crippen LogP contribution in [0.4, 0.5) is 4.39 Å². The number of rotatable bonds is 4. The fraction of sp³-hybridized carbons (Fsp3) is 0.273. The summed E-state index contributed by atoms with van der Waals surface area (Å²) in [5.74, 6) is -1.05. The van der Waals surface area contributed by atoms with Gasteiger partial charge in [-0.1, -0.05) is 35.9 Å². The van der Waals surface area contributed by atoms with E-state index < -0.39 is 0 Å². The van der Waals surface area contributed by atoms with Gasteiger partial charge < -0.3 is 9.80 Å². The molecule has 1 saturated heterocycles. The van der Waals surface area contributed by atoms with Crippen LogP contribution in [0.1, 0.15) is 11.1 Å². The minimum absolute atomic E-state index is 0.163. The highest BCUT2D eigenvalue weighted by Crippen LogP contribution is 2.33. The predicted octanol–water partition coefficient (Wildman–Crippen LogP) is 3.01. The maximum atomic E-state index is 13.4. The molecule has 2 aliphatic rings. The Hall–Kier alpha value is -2.70. The van der Waals surface area contributed by atoms with Crippen LogP contribution in [0.3, 0.4) is 0 Å². The van der Waals surface area contributed by atoms with Gasteiger partial charge in [0.25, 0.3) is 11.8 Å². The first-order chi connectivity index (χ1) is 13.9. The van der Waals surface area contributed by atoms with E-state index in [0.29, 0.717) is 34.9 Å². The minimum Gasteiger partial charge on any atom is -0.364 e. The summed E-state index contributed by atoms with van der Waals surface area (Å²) >= 11 is 5.94. The summed E-state index contributed by atoms with van der Waals surface area (Å²) in [6, 6.07) is 12.8. The lowest BCUT2D eigenvalue weighted by atomic mass is 10.0. The lowest BCUT2D eigenvalue weighted by Gasteiger charge is -2.34. The van der Waals surface area contributed by atoms with Gasteiger partial charge in [0.15, 0.2) is 0 Å². The van der Waals surface area contributed by atoms with Crippen LogP contribution in [0, 0.1) is 5.82 Å². The van der Waals surface area contributed by atoms with Crippen molar-refractivity contribution in [3.63, 3.8) is 0 Å². The third kappa shape index (κ3) is 3.91. The van der Waals surface area contributed by atoms with E-state index in [1.54, 1.807) is 36.4 Å². The van der Waals surface area contributed by atoms with Gasteiger partial charge in [0, 0.05) is 31.2 Å². The molecule has 0 atom stereocenters. The van der Waals surface area contributed by atoms with Gasteiger partial charge in [0.1, 0.15) is 11.5 Å². The lowest BCUT2D eigenvalue weighted by molar-refractivity contribution is -0.138. The largest absolute Gasteiger partial charge is 0.364 e. The van der Waals surface area contributed by atoms with Crippen LogP contribution >= 0.6 is 11.6 Å². The first-order valence-corrected chi connectivity index (χ1v) is 9.86. The van der Waals surface area contributed by atoms with Crippen LogP contribution in [-0.4, -0.2) is 59.7 Å². The summed E-state index contributed by atoms with van der Waals surface area (Å²) < 4.78 is 13.4. The van der Waals surface area contributed by atoms with Crippen molar-refractivity contribution in [2.45, 2.75) is 6.54 Å². The molecule has 29 heavy (non-hydrogen) atoms. The Bertz CT molecular complexity index is 965. The number of benzene rings is 2. The summed E-state index contributed by atoms with van der Waals surface area (Å²) in [5.41, 5.74) is 2.11. The molecule has 4 rings (SSSR count). The number of imide groups is 1. The number of hydrogen-bond donors (Lipinski definition) is 0. The van der Waals surface area contributed by atoms with Crippen LogP contribution in [0.25, 0.3) is 5.57 Å². The number of likely N-dealkylation sites (N-methyl/N-ethyl adjacent to an activating group) is 1. The highest BCUT2D eigenvalue weighted by molar-refractivity contribution is 6.35. The van der Waals surface area contributed by atoms with Gasteiger partial charge in [0.05, 0.1) is 12.1 Å². The van der Waals surface area contributed by atoms with Crippen molar-refractivity contribution < 1.29 is 14.0 Å². The maximum Gasteiger partial charge on any atom is 0.278 e. The standard InChI is InChI=1S/C22H21ClFN3O2/c1-25-10-12-26(13-11-25)20-19(16-4-8-18(24)9-5-16)21(28)27(22(20)29)14-15-2-6-17(23)7-3-15/h2-9H,10-14H2,1H3.